The fraction of sp³-hybridized carbons (Fsp3) is 0.231. The number of rotatable bonds is 10. The quantitative estimate of drug-likeness (QED) is 0.0675. The molecule has 5 N–H and O–H groups in total. The monoisotopic (exact) mass is 778 g/mol. The van der Waals surface area contributed by atoms with Gasteiger partial charge >= 0.3 is 0 Å². The summed E-state index contributed by atoms with van der Waals surface area (Å²) < 4.78 is 104. The Balaban J connectivity index is 1.69. The second-order valence-electron chi connectivity index (χ2n) is 13.6. The predicted octanol–water partition coefficient (Wildman–Crippen LogP) is 8.56. The van der Waals surface area contributed by atoms with E-state index in [0.29, 0.717) is 39.2 Å². The number of anilines is 4. The van der Waals surface area contributed by atoms with Crippen LogP contribution in [0.4, 0.5) is 22.7 Å². The Kier molecular flexibility index (Phi) is 10.7. The third-order valence-corrected chi connectivity index (χ3v) is 12.3. The van der Waals surface area contributed by atoms with Crippen LogP contribution in [0.1, 0.15) is 67.1 Å². The van der Waals surface area contributed by atoms with Crippen LogP contribution in [0.2, 0.25) is 0 Å². The van der Waals surface area contributed by atoms with Gasteiger partial charge in [0.15, 0.2) is 0 Å². The summed E-state index contributed by atoms with van der Waals surface area (Å²) in [5, 5.41) is 6.76. The normalized spacial score (nSPS) is 12.8. The summed E-state index contributed by atoms with van der Waals surface area (Å²) in [6.45, 7) is 14.7. The molecule has 0 heterocycles. The maximum Gasteiger partial charge on any atom is 0.295 e. The smallest absolute Gasteiger partial charge is 0.295 e. The molecular weight excluding hydrogens is 737 g/mol. The van der Waals surface area contributed by atoms with Crippen LogP contribution < -0.4 is 10.6 Å². The Hall–Kier alpha value is -4.57. The highest BCUT2D eigenvalue weighted by Crippen LogP contribution is 2.42. The first-order valence-corrected chi connectivity index (χ1v) is 20.8. The highest BCUT2D eigenvalue weighted by atomic mass is 32.2. The molecule has 14 heteroatoms. The van der Waals surface area contributed by atoms with E-state index in [1.807, 2.05) is 52.8 Å². The van der Waals surface area contributed by atoms with Crippen LogP contribution >= 0.6 is 0 Å². The van der Waals surface area contributed by atoms with Crippen LogP contribution in [0.5, 0.6) is 0 Å². The van der Waals surface area contributed by atoms with Gasteiger partial charge in [-0.25, -0.2) is 0 Å². The zero-order valence-electron chi connectivity index (χ0n) is 30.5. The van der Waals surface area contributed by atoms with Crippen LogP contribution in [0.3, 0.4) is 0 Å². The number of aryl methyl sites for hydroxylation is 7. The second-order valence-corrected chi connectivity index (χ2v) is 17.7. The van der Waals surface area contributed by atoms with E-state index in [4.69, 9.17) is 0 Å². The van der Waals surface area contributed by atoms with Gasteiger partial charge in [-0.15, -0.1) is 0 Å². The molecule has 0 saturated heterocycles. The van der Waals surface area contributed by atoms with E-state index in [9.17, 15) is 38.9 Å². The first-order valence-electron chi connectivity index (χ1n) is 16.5. The van der Waals surface area contributed by atoms with Crippen LogP contribution in [0.25, 0.3) is 0 Å². The van der Waals surface area contributed by atoms with Crippen LogP contribution in [-0.2, 0) is 30.4 Å². The van der Waals surface area contributed by atoms with Gasteiger partial charge in [-0.05, 0) is 147 Å². The molecular formula is C39H42N2O9S3. The van der Waals surface area contributed by atoms with Crippen LogP contribution in [0, 0.1) is 55.4 Å². The molecule has 0 aliphatic carbocycles. The van der Waals surface area contributed by atoms with Gasteiger partial charge in [-0.3, -0.25) is 13.7 Å². The first-order chi connectivity index (χ1) is 24.5. The largest absolute Gasteiger partial charge is 0.355 e. The first kappa shape index (κ1) is 39.6. The van der Waals surface area contributed by atoms with Crippen molar-refractivity contribution < 1.29 is 38.9 Å². The maximum atomic E-state index is 12.9. The van der Waals surface area contributed by atoms with Crippen molar-refractivity contribution in [3.05, 3.63) is 134 Å². The average Bonchev–Trinajstić information content (AvgIpc) is 3.01. The van der Waals surface area contributed by atoms with Crippen molar-refractivity contribution in [2.75, 3.05) is 10.6 Å². The molecule has 5 rings (SSSR count). The predicted molar refractivity (Wildman–Crippen MR) is 207 cm³/mol. The van der Waals surface area contributed by atoms with E-state index in [-0.39, 0.29) is 10.5 Å². The number of nitrogens with one attached hydrogen (secondary N) is 2. The lowest BCUT2D eigenvalue weighted by Crippen LogP contribution is -2.14. The molecule has 0 radical (unpaired) electrons. The van der Waals surface area contributed by atoms with Crippen molar-refractivity contribution in [2.24, 2.45) is 0 Å². The minimum Gasteiger partial charge on any atom is -0.355 e. The lowest BCUT2D eigenvalue weighted by atomic mass is 9.81. The minimum absolute atomic E-state index is 0.0701. The summed E-state index contributed by atoms with van der Waals surface area (Å²) in [5.41, 5.74) is 10.3. The molecule has 0 aliphatic heterocycles. The van der Waals surface area contributed by atoms with Crippen molar-refractivity contribution in [3.8, 4) is 0 Å². The molecule has 0 aromatic heterocycles. The van der Waals surface area contributed by atoms with Crippen molar-refractivity contribution >= 4 is 53.1 Å². The molecule has 11 nitrogen and oxygen atoms in total. The van der Waals surface area contributed by atoms with Gasteiger partial charge in [0.05, 0.1) is 9.79 Å². The molecule has 53 heavy (non-hydrogen) atoms. The van der Waals surface area contributed by atoms with Gasteiger partial charge in [0.25, 0.3) is 30.4 Å². The minimum atomic E-state index is -5.01. The second kappa shape index (κ2) is 14.3. The molecule has 0 fully saturated rings. The van der Waals surface area contributed by atoms with Gasteiger partial charge in [-0.1, -0.05) is 42.0 Å². The molecule has 1 unspecified atom stereocenters. The molecule has 0 aliphatic rings. The summed E-state index contributed by atoms with van der Waals surface area (Å²) in [5.74, 6) is -0.859. The van der Waals surface area contributed by atoms with Crippen molar-refractivity contribution in [1.82, 2.24) is 0 Å². The van der Waals surface area contributed by atoms with Gasteiger partial charge in [0.1, 0.15) is 4.90 Å². The zero-order valence-corrected chi connectivity index (χ0v) is 33.0. The van der Waals surface area contributed by atoms with Gasteiger partial charge < -0.3 is 10.6 Å². The fourth-order valence-corrected chi connectivity index (χ4v) is 9.51. The van der Waals surface area contributed by atoms with E-state index in [1.165, 1.54) is 6.07 Å². The SMILES string of the molecule is Cc1cc(C)c(Nc2ccc(C(c3ccc(Nc4c(C)cc(C)c(S(=O)(=O)O)c4C)cc3C)c3ccc(S(=O)(=O)O)cc3S(=O)(=O)O)c(C)c2)c(C)c1. The van der Waals surface area contributed by atoms with E-state index in [1.54, 1.807) is 45.0 Å². The third kappa shape index (κ3) is 8.33. The zero-order chi connectivity index (χ0) is 39.4. The van der Waals surface area contributed by atoms with Crippen molar-refractivity contribution in [3.63, 3.8) is 0 Å². The molecule has 0 amide bonds. The lowest BCUT2D eigenvalue weighted by Gasteiger charge is -2.26. The van der Waals surface area contributed by atoms with E-state index in [0.717, 1.165) is 51.3 Å². The van der Waals surface area contributed by atoms with Crippen LogP contribution in [-0.4, -0.2) is 38.9 Å². The summed E-state index contributed by atoms with van der Waals surface area (Å²) in [7, 11) is -14.3. The Morgan fingerprint density at radius 2 is 0.943 bits per heavy atom. The highest BCUT2D eigenvalue weighted by Gasteiger charge is 2.30. The van der Waals surface area contributed by atoms with Gasteiger partial charge in [0, 0.05) is 28.7 Å². The summed E-state index contributed by atoms with van der Waals surface area (Å²) in [6.07, 6.45) is 0. The number of hydrogen-bond acceptors (Lipinski definition) is 8. The maximum absolute atomic E-state index is 12.9. The van der Waals surface area contributed by atoms with Gasteiger partial charge in [0.2, 0.25) is 0 Å². The highest BCUT2D eigenvalue weighted by molar-refractivity contribution is 7.86. The number of benzene rings is 5. The molecule has 0 bridgehead atoms. The van der Waals surface area contributed by atoms with E-state index in [2.05, 4.69) is 22.8 Å². The van der Waals surface area contributed by atoms with Crippen molar-refractivity contribution in [2.45, 2.75) is 76.0 Å². The topological polar surface area (TPSA) is 187 Å². The summed E-state index contributed by atoms with van der Waals surface area (Å²) in [6, 6.07) is 19.8. The summed E-state index contributed by atoms with van der Waals surface area (Å²) in [4.78, 5) is -1.57. The Bertz CT molecular complexity index is 2610. The standard InChI is InChI=1S/C39H42N2O9S3/c1-21-15-24(4)37(25(5)16-21)40-29-9-12-32(22(2)18-29)36(34-14-11-31(51(42,43)44)20-35(34)52(45,46)47)33-13-10-30(19-23(33)3)41-38-26(6)17-27(7)39(28(38)8)53(48,49)50/h9-20,36,40-41H,1-8H3,(H,42,43,44)(H,45,46,47)(H,48,49,50). The fourth-order valence-electron chi connectivity index (χ4n) is 7.22. The summed E-state index contributed by atoms with van der Waals surface area (Å²) >= 11 is 0. The van der Waals surface area contributed by atoms with Crippen LogP contribution in [0.15, 0.2) is 87.5 Å². The third-order valence-electron chi connectivity index (χ3n) is 9.41. The Labute approximate surface area is 311 Å². The molecule has 5 aromatic carbocycles. The van der Waals surface area contributed by atoms with Crippen molar-refractivity contribution in [1.29, 1.82) is 0 Å². The Morgan fingerprint density at radius 1 is 0.472 bits per heavy atom. The number of hydrogen-bond donors (Lipinski definition) is 5. The average molecular weight is 779 g/mol. The molecule has 5 aromatic rings. The molecule has 1 atom stereocenters. The molecule has 0 spiro atoms. The molecule has 280 valence electrons. The molecule has 0 saturated carbocycles. The lowest BCUT2D eigenvalue weighted by molar-refractivity contribution is 0.477. The van der Waals surface area contributed by atoms with Gasteiger partial charge in [-0.2, -0.15) is 25.3 Å². The van der Waals surface area contributed by atoms with E-state index < -0.39 is 46.1 Å². The van der Waals surface area contributed by atoms with E-state index >= 15 is 0 Å². The Morgan fingerprint density at radius 3 is 1.40 bits per heavy atom.